The molecule has 0 aliphatic carbocycles. The molecule has 1 aliphatic rings. The fourth-order valence-electron chi connectivity index (χ4n) is 2.83. The fourth-order valence-corrected chi connectivity index (χ4v) is 2.83. The van der Waals surface area contributed by atoms with Crippen molar-refractivity contribution in [2.24, 2.45) is 0 Å². The maximum Gasteiger partial charge on any atom is 0.262 e. The second-order valence-corrected chi connectivity index (χ2v) is 5.14. The number of amides is 1. The zero-order valence-corrected chi connectivity index (χ0v) is 12.6. The van der Waals surface area contributed by atoms with Gasteiger partial charge in [0.25, 0.3) is 5.91 Å². The van der Waals surface area contributed by atoms with E-state index in [0.717, 1.165) is 17.7 Å². The number of fused-ring (bicyclic) bond motifs is 1. The van der Waals surface area contributed by atoms with Crippen molar-refractivity contribution in [3.8, 4) is 11.5 Å². The van der Waals surface area contributed by atoms with Gasteiger partial charge >= 0.3 is 0 Å². The van der Waals surface area contributed by atoms with Gasteiger partial charge in [0.05, 0.1) is 19.8 Å². The lowest BCUT2D eigenvalue weighted by atomic mass is 10.1. The van der Waals surface area contributed by atoms with Crippen LogP contribution >= 0.6 is 0 Å². The highest BCUT2D eigenvalue weighted by Crippen LogP contribution is 2.35. The summed E-state index contributed by atoms with van der Waals surface area (Å²) in [5.74, 6) is 0.906. The second-order valence-electron chi connectivity index (χ2n) is 5.14. The third kappa shape index (κ3) is 2.24. The molecular weight excluding hydrogens is 280 g/mol. The van der Waals surface area contributed by atoms with Crippen molar-refractivity contribution in [3.05, 3.63) is 47.5 Å². The first kappa shape index (κ1) is 14.3. The monoisotopic (exact) mass is 298 g/mol. The number of hydrogen-bond acceptors (Lipinski definition) is 4. The van der Waals surface area contributed by atoms with Gasteiger partial charge in [0.1, 0.15) is 0 Å². The van der Waals surface area contributed by atoms with Crippen LogP contribution < -0.4 is 20.1 Å². The van der Waals surface area contributed by atoms with Gasteiger partial charge in [0, 0.05) is 17.9 Å². The number of rotatable bonds is 3. The van der Waals surface area contributed by atoms with E-state index in [1.165, 1.54) is 7.11 Å². The number of ether oxygens (including phenoxy) is 2. The van der Waals surface area contributed by atoms with Crippen molar-refractivity contribution < 1.29 is 14.3 Å². The minimum atomic E-state index is -0.0979. The lowest BCUT2D eigenvalue weighted by Gasteiger charge is -2.20. The summed E-state index contributed by atoms with van der Waals surface area (Å²) < 4.78 is 10.6. The van der Waals surface area contributed by atoms with Crippen LogP contribution in [0.4, 0.5) is 11.4 Å². The van der Waals surface area contributed by atoms with Crippen LogP contribution in [0.3, 0.4) is 0 Å². The van der Waals surface area contributed by atoms with E-state index in [2.05, 4.69) is 0 Å². The molecule has 0 aromatic heterocycles. The van der Waals surface area contributed by atoms with Crippen molar-refractivity contribution in [1.82, 2.24) is 0 Å². The van der Waals surface area contributed by atoms with Crippen LogP contribution in [0.25, 0.3) is 0 Å². The molecule has 2 aromatic rings. The van der Waals surface area contributed by atoms with Gasteiger partial charge in [-0.25, -0.2) is 0 Å². The van der Waals surface area contributed by atoms with Crippen molar-refractivity contribution >= 4 is 17.3 Å². The highest BCUT2D eigenvalue weighted by molar-refractivity contribution is 6.09. The normalized spacial score (nSPS) is 12.9. The highest BCUT2D eigenvalue weighted by atomic mass is 16.5. The number of anilines is 2. The second kappa shape index (κ2) is 5.60. The molecule has 0 unspecified atom stereocenters. The van der Waals surface area contributed by atoms with E-state index < -0.39 is 0 Å². The molecule has 1 amide bonds. The standard InChI is InChI=1S/C17H18N2O3/c1-21-15-5-3-4-13(16(15)22-2)17(20)19-9-8-11-10-12(18)6-7-14(11)19/h3-7,10H,8-9,18H2,1-2H3. The molecule has 0 saturated heterocycles. The number of benzene rings is 2. The lowest BCUT2D eigenvalue weighted by molar-refractivity contribution is 0.0986. The molecular formula is C17H18N2O3. The Morgan fingerprint density at radius 1 is 1.18 bits per heavy atom. The predicted molar refractivity (Wildman–Crippen MR) is 85.8 cm³/mol. The number of nitrogen functional groups attached to an aromatic ring is 1. The Kier molecular flexibility index (Phi) is 3.63. The third-order valence-corrected chi connectivity index (χ3v) is 3.88. The Balaban J connectivity index is 2.00. The molecule has 0 saturated carbocycles. The molecule has 2 N–H and O–H groups in total. The Labute approximate surface area is 129 Å². The molecule has 5 nitrogen and oxygen atoms in total. The first-order valence-electron chi connectivity index (χ1n) is 7.07. The Bertz CT molecular complexity index is 728. The number of carbonyl (C=O) groups is 1. The van der Waals surface area contributed by atoms with Crippen LogP contribution in [-0.4, -0.2) is 26.7 Å². The number of carbonyl (C=O) groups excluding carboxylic acids is 1. The number of hydrogen-bond donors (Lipinski definition) is 1. The van der Waals surface area contributed by atoms with E-state index in [0.29, 0.717) is 29.3 Å². The summed E-state index contributed by atoms with van der Waals surface area (Å²) in [7, 11) is 3.09. The lowest BCUT2D eigenvalue weighted by Crippen LogP contribution is -2.29. The van der Waals surface area contributed by atoms with E-state index >= 15 is 0 Å². The summed E-state index contributed by atoms with van der Waals surface area (Å²) in [5, 5.41) is 0. The van der Waals surface area contributed by atoms with Crippen LogP contribution in [0.2, 0.25) is 0 Å². The third-order valence-electron chi connectivity index (χ3n) is 3.88. The van der Waals surface area contributed by atoms with Crippen LogP contribution in [0.5, 0.6) is 11.5 Å². The highest BCUT2D eigenvalue weighted by Gasteiger charge is 2.28. The molecule has 3 rings (SSSR count). The van der Waals surface area contributed by atoms with E-state index in [-0.39, 0.29) is 5.91 Å². The summed E-state index contributed by atoms with van der Waals surface area (Å²) in [4.78, 5) is 14.7. The van der Waals surface area contributed by atoms with Crippen molar-refractivity contribution in [3.63, 3.8) is 0 Å². The van der Waals surface area contributed by atoms with Gasteiger partial charge in [-0.05, 0) is 42.3 Å². The van der Waals surface area contributed by atoms with Gasteiger partial charge in [0.15, 0.2) is 11.5 Å². The van der Waals surface area contributed by atoms with Crippen LogP contribution in [0.1, 0.15) is 15.9 Å². The van der Waals surface area contributed by atoms with Gasteiger partial charge in [-0.3, -0.25) is 4.79 Å². The quantitative estimate of drug-likeness (QED) is 0.884. The molecule has 0 bridgehead atoms. The smallest absolute Gasteiger partial charge is 0.262 e. The molecule has 1 heterocycles. The van der Waals surface area contributed by atoms with Crippen molar-refractivity contribution in [2.75, 3.05) is 31.4 Å². The fraction of sp³-hybridized carbons (Fsp3) is 0.235. The molecule has 22 heavy (non-hydrogen) atoms. The average molecular weight is 298 g/mol. The molecule has 0 atom stereocenters. The Hall–Kier alpha value is -2.69. The molecule has 5 heteroatoms. The van der Waals surface area contributed by atoms with Crippen molar-refractivity contribution in [1.29, 1.82) is 0 Å². The zero-order valence-electron chi connectivity index (χ0n) is 12.6. The van der Waals surface area contributed by atoms with Crippen LogP contribution in [-0.2, 0) is 6.42 Å². The number of nitrogens with two attached hydrogens (primary N) is 1. The van der Waals surface area contributed by atoms with E-state index in [1.807, 2.05) is 18.2 Å². The molecule has 114 valence electrons. The summed E-state index contributed by atoms with van der Waals surface area (Å²) in [5.41, 5.74) is 9.01. The summed E-state index contributed by atoms with van der Waals surface area (Å²) in [6.07, 6.45) is 0.804. The first-order chi connectivity index (χ1) is 10.7. The number of nitrogens with zero attached hydrogens (tertiary/aromatic N) is 1. The maximum absolute atomic E-state index is 12.9. The zero-order chi connectivity index (χ0) is 15.7. The SMILES string of the molecule is COc1cccc(C(=O)N2CCc3cc(N)ccc32)c1OC. The number of methoxy groups -OCH3 is 2. The summed E-state index contributed by atoms with van der Waals surface area (Å²) in [6.45, 7) is 0.637. The summed E-state index contributed by atoms with van der Waals surface area (Å²) in [6, 6.07) is 10.9. The maximum atomic E-state index is 12.9. The van der Waals surface area contributed by atoms with E-state index in [4.69, 9.17) is 15.2 Å². The molecule has 0 radical (unpaired) electrons. The first-order valence-corrected chi connectivity index (χ1v) is 7.07. The molecule has 1 aliphatic heterocycles. The molecule has 2 aromatic carbocycles. The van der Waals surface area contributed by atoms with E-state index in [9.17, 15) is 4.79 Å². The van der Waals surface area contributed by atoms with Crippen molar-refractivity contribution in [2.45, 2.75) is 6.42 Å². The van der Waals surface area contributed by atoms with Crippen LogP contribution in [0.15, 0.2) is 36.4 Å². The minimum Gasteiger partial charge on any atom is -0.493 e. The molecule has 0 spiro atoms. The van der Waals surface area contributed by atoms with Gasteiger partial charge in [-0.1, -0.05) is 6.07 Å². The van der Waals surface area contributed by atoms with Crippen LogP contribution in [0, 0.1) is 0 Å². The van der Waals surface area contributed by atoms with Gasteiger partial charge < -0.3 is 20.1 Å². The Morgan fingerprint density at radius 2 is 2.00 bits per heavy atom. The topological polar surface area (TPSA) is 64.8 Å². The van der Waals surface area contributed by atoms with E-state index in [1.54, 1.807) is 30.2 Å². The minimum absolute atomic E-state index is 0.0979. The van der Waals surface area contributed by atoms with Gasteiger partial charge in [-0.2, -0.15) is 0 Å². The average Bonchev–Trinajstić information content (AvgIpc) is 2.96. The Morgan fingerprint density at radius 3 is 2.73 bits per heavy atom. The van der Waals surface area contributed by atoms with Gasteiger partial charge in [0.2, 0.25) is 0 Å². The van der Waals surface area contributed by atoms with Gasteiger partial charge in [-0.15, -0.1) is 0 Å². The molecule has 0 fully saturated rings. The summed E-state index contributed by atoms with van der Waals surface area (Å²) >= 11 is 0. The largest absolute Gasteiger partial charge is 0.493 e. The predicted octanol–water partition coefficient (Wildman–Crippen LogP) is 2.49. The number of para-hydroxylation sites is 1.